The van der Waals surface area contributed by atoms with Crippen LogP contribution in [0.3, 0.4) is 0 Å². The Kier molecular flexibility index (Phi) is 3.79. The zero-order valence-electron chi connectivity index (χ0n) is 10.5. The molecule has 3 nitrogen and oxygen atoms in total. The van der Waals surface area contributed by atoms with E-state index >= 15 is 0 Å². The highest BCUT2D eigenvalue weighted by Crippen LogP contribution is 2.18. The van der Waals surface area contributed by atoms with Gasteiger partial charge in [-0.2, -0.15) is 0 Å². The third kappa shape index (κ3) is 3.30. The number of esters is 1. The molecule has 92 valence electrons. The first-order chi connectivity index (χ1) is 8.15. The summed E-state index contributed by atoms with van der Waals surface area (Å²) in [4.78, 5) is 13.7. The lowest BCUT2D eigenvalue weighted by Crippen LogP contribution is -2.36. The molecule has 1 heterocycles. The molecule has 1 aromatic carbocycles. The fourth-order valence-corrected chi connectivity index (χ4v) is 2.17. The Morgan fingerprint density at radius 1 is 1.35 bits per heavy atom. The minimum absolute atomic E-state index is 0.0282. The number of hydrogen-bond acceptors (Lipinski definition) is 3. The van der Waals surface area contributed by atoms with Gasteiger partial charge in [0.05, 0.1) is 12.6 Å². The van der Waals surface area contributed by atoms with Crippen LogP contribution in [0.5, 0.6) is 0 Å². The molecule has 17 heavy (non-hydrogen) atoms. The second kappa shape index (κ2) is 5.32. The minimum Gasteiger partial charge on any atom is -0.462 e. The molecule has 3 heteroatoms. The van der Waals surface area contributed by atoms with E-state index in [1.165, 1.54) is 11.1 Å². The predicted molar refractivity (Wildman–Crippen MR) is 66.7 cm³/mol. The predicted octanol–water partition coefficient (Wildman–Crippen LogP) is 2.00. The third-order valence-electron chi connectivity index (χ3n) is 2.93. The summed E-state index contributed by atoms with van der Waals surface area (Å²) in [5.74, 6) is -0.126. The lowest BCUT2D eigenvalue weighted by molar-refractivity contribution is -0.148. The Balaban J connectivity index is 1.92. The molecular weight excluding hydrogens is 214 g/mol. The number of benzene rings is 1. The second-order valence-corrected chi connectivity index (χ2v) is 4.77. The highest BCUT2D eigenvalue weighted by atomic mass is 16.5. The van der Waals surface area contributed by atoms with Crippen molar-refractivity contribution in [3.05, 3.63) is 35.4 Å². The fraction of sp³-hybridized carbons (Fsp3) is 0.500. The zero-order chi connectivity index (χ0) is 12.3. The molecule has 0 amide bonds. The quantitative estimate of drug-likeness (QED) is 0.748. The van der Waals surface area contributed by atoms with Gasteiger partial charge in [0.1, 0.15) is 0 Å². The molecule has 1 aromatic rings. The van der Waals surface area contributed by atoms with Gasteiger partial charge < -0.3 is 4.74 Å². The van der Waals surface area contributed by atoms with Crippen molar-refractivity contribution in [2.24, 2.45) is 0 Å². The second-order valence-electron chi connectivity index (χ2n) is 4.77. The van der Waals surface area contributed by atoms with Crippen molar-refractivity contribution < 1.29 is 9.53 Å². The summed E-state index contributed by atoms with van der Waals surface area (Å²) in [6.45, 7) is 5.94. The van der Waals surface area contributed by atoms with Gasteiger partial charge in [0.2, 0.25) is 0 Å². The van der Waals surface area contributed by atoms with Gasteiger partial charge in [0.25, 0.3) is 0 Å². The Morgan fingerprint density at radius 3 is 2.76 bits per heavy atom. The van der Waals surface area contributed by atoms with E-state index in [-0.39, 0.29) is 12.1 Å². The maximum absolute atomic E-state index is 11.6. The van der Waals surface area contributed by atoms with Crippen molar-refractivity contribution >= 4 is 5.97 Å². The lowest BCUT2D eigenvalue weighted by atomic mass is 10.00. The first-order valence-electron chi connectivity index (χ1n) is 6.14. The molecule has 1 aliphatic heterocycles. The van der Waals surface area contributed by atoms with Crippen LogP contribution in [0, 0.1) is 0 Å². The van der Waals surface area contributed by atoms with Crippen LogP contribution in [0.15, 0.2) is 24.3 Å². The average Bonchev–Trinajstić information content (AvgIpc) is 2.27. The highest BCUT2D eigenvalue weighted by Gasteiger charge is 2.18. The Bertz CT molecular complexity index is 401. The molecule has 1 aliphatic rings. The van der Waals surface area contributed by atoms with Crippen LogP contribution >= 0.6 is 0 Å². The molecule has 0 aliphatic carbocycles. The first-order valence-corrected chi connectivity index (χ1v) is 6.14. The van der Waals surface area contributed by atoms with Crippen molar-refractivity contribution in [3.63, 3.8) is 0 Å². The Morgan fingerprint density at radius 2 is 2.06 bits per heavy atom. The molecule has 0 bridgehead atoms. The summed E-state index contributed by atoms with van der Waals surface area (Å²) < 4.78 is 5.16. The summed E-state index contributed by atoms with van der Waals surface area (Å²) >= 11 is 0. The van der Waals surface area contributed by atoms with E-state index in [1.807, 2.05) is 13.8 Å². The van der Waals surface area contributed by atoms with Crippen molar-refractivity contribution in [3.8, 4) is 0 Å². The van der Waals surface area contributed by atoms with Crippen molar-refractivity contribution in [1.82, 2.24) is 4.90 Å². The van der Waals surface area contributed by atoms with Crippen LogP contribution in [0.1, 0.15) is 25.0 Å². The van der Waals surface area contributed by atoms with Crippen molar-refractivity contribution in [2.75, 3.05) is 13.1 Å². The summed E-state index contributed by atoms with van der Waals surface area (Å²) in [6, 6.07) is 8.42. The van der Waals surface area contributed by atoms with Gasteiger partial charge in [-0.15, -0.1) is 0 Å². The van der Waals surface area contributed by atoms with Crippen LogP contribution in [0.2, 0.25) is 0 Å². The van der Waals surface area contributed by atoms with E-state index in [0.29, 0.717) is 6.54 Å². The number of ether oxygens (including phenoxy) is 1. The highest BCUT2D eigenvalue weighted by molar-refractivity contribution is 5.71. The Labute approximate surface area is 102 Å². The van der Waals surface area contributed by atoms with Gasteiger partial charge in [-0.05, 0) is 31.4 Å². The maximum atomic E-state index is 11.6. The van der Waals surface area contributed by atoms with Crippen LogP contribution in [-0.2, 0) is 22.5 Å². The van der Waals surface area contributed by atoms with E-state index in [1.54, 1.807) is 0 Å². The van der Waals surface area contributed by atoms with E-state index < -0.39 is 0 Å². The molecule has 2 rings (SSSR count). The third-order valence-corrected chi connectivity index (χ3v) is 2.93. The fourth-order valence-electron chi connectivity index (χ4n) is 2.17. The Hall–Kier alpha value is -1.35. The summed E-state index contributed by atoms with van der Waals surface area (Å²) in [5.41, 5.74) is 2.73. The molecule has 0 unspecified atom stereocenters. The van der Waals surface area contributed by atoms with Gasteiger partial charge in [-0.3, -0.25) is 9.69 Å². The van der Waals surface area contributed by atoms with Crippen molar-refractivity contribution in [2.45, 2.75) is 32.9 Å². The van der Waals surface area contributed by atoms with Crippen LogP contribution in [0.25, 0.3) is 0 Å². The molecule has 0 saturated carbocycles. The zero-order valence-corrected chi connectivity index (χ0v) is 10.5. The van der Waals surface area contributed by atoms with Gasteiger partial charge in [0.15, 0.2) is 0 Å². The smallest absolute Gasteiger partial charge is 0.320 e. The van der Waals surface area contributed by atoms with Gasteiger partial charge in [0, 0.05) is 13.1 Å². The minimum atomic E-state index is -0.126. The molecule has 0 aromatic heterocycles. The normalized spacial score (nSPS) is 15.7. The van der Waals surface area contributed by atoms with Gasteiger partial charge in [-0.1, -0.05) is 24.3 Å². The molecule has 0 fully saturated rings. The molecular formula is C14H19NO2. The molecule has 0 radical (unpaired) electrons. The monoisotopic (exact) mass is 233 g/mol. The molecule has 0 spiro atoms. The molecule has 0 atom stereocenters. The SMILES string of the molecule is CC(C)OC(=O)CN1CCc2ccccc2C1. The topological polar surface area (TPSA) is 29.5 Å². The standard InChI is InChI=1S/C14H19NO2/c1-11(2)17-14(16)10-15-8-7-12-5-3-4-6-13(12)9-15/h3-6,11H,7-10H2,1-2H3. The summed E-state index contributed by atoms with van der Waals surface area (Å²) in [7, 11) is 0. The lowest BCUT2D eigenvalue weighted by Gasteiger charge is -2.27. The van der Waals surface area contributed by atoms with Crippen molar-refractivity contribution in [1.29, 1.82) is 0 Å². The maximum Gasteiger partial charge on any atom is 0.320 e. The van der Waals surface area contributed by atoms with Crippen LogP contribution in [0.4, 0.5) is 0 Å². The number of nitrogens with zero attached hydrogens (tertiary/aromatic N) is 1. The van der Waals surface area contributed by atoms with E-state index in [2.05, 4.69) is 29.2 Å². The number of rotatable bonds is 3. The number of hydrogen-bond donors (Lipinski definition) is 0. The van der Waals surface area contributed by atoms with E-state index in [9.17, 15) is 4.79 Å². The van der Waals surface area contributed by atoms with E-state index in [4.69, 9.17) is 4.74 Å². The van der Waals surface area contributed by atoms with Gasteiger partial charge >= 0.3 is 5.97 Å². The van der Waals surface area contributed by atoms with Crippen LogP contribution < -0.4 is 0 Å². The number of carbonyl (C=O) groups excluding carboxylic acids is 1. The summed E-state index contributed by atoms with van der Waals surface area (Å²) in [6.07, 6.45) is 0.991. The molecule has 0 saturated heterocycles. The number of carbonyl (C=O) groups is 1. The van der Waals surface area contributed by atoms with E-state index in [0.717, 1.165) is 19.5 Å². The average molecular weight is 233 g/mol. The first kappa shape index (κ1) is 12.1. The van der Waals surface area contributed by atoms with Gasteiger partial charge in [-0.25, -0.2) is 0 Å². The summed E-state index contributed by atoms with van der Waals surface area (Å²) in [5, 5.41) is 0. The largest absolute Gasteiger partial charge is 0.462 e. The van der Waals surface area contributed by atoms with Crippen LogP contribution in [-0.4, -0.2) is 30.1 Å². The number of fused-ring (bicyclic) bond motifs is 1. The molecule has 0 N–H and O–H groups in total.